The highest BCUT2D eigenvalue weighted by atomic mass is 16.7. The Bertz CT molecular complexity index is 238. The second kappa shape index (κ2) is 6.09. The number of esters is 2. The fourth-order valence-corrected chi connectivity index (χ4v) is 0.916. The van der Waals surface area contributed by atoms with E-state index in [1.165, 1.54) is 0 Å². The molecular weight excluding hydrogens is 190 g/mol. The Hall–Kier alpha value is -1.43. The molecule has 6 nitrogen and oxygen atoms in total. The summed E-state index contributed by atoms with van der Waals surface area (Å²) in [6.07, 6.45) is 0.814. The van der Waals surface area contributed by atoms with Gasteiger partial charge in [-0.1, -0.05) is 13.3 Å². The molecule has 0 aliphatic rings. The van der Waals surface area contributed by atoms with Gasteiger partial charge in [-0.05, 0) is 6.42 Å². The summed E-state index contributed by atoms with van der Waals surface area (Å²) in [4.78, 5) is 36.5. The topological polar surface area (TPSA) is 95.7 Å². The van der Waals surface area contributed by atoms with Gasteiger partial charge < -0.3 is 9.57 Å². The van der Waals surface area contributed by atoms with Crippen molar-refractivity contribution in [3.63, 3.8) is 0 Å². The third-order valence-corrected chi connectivity index (χ3v) is 1.51. The van der Waals surface area contributed by atoms with Crippen molar-refractivity contribution in [1.29, 1.82) is 0 Å². The molecule has 0 spiro atoms. The maximum Gasteiger partial charge on any atom is 0.338 e. The van der Waals surface area contributed by atoms with E-state index in [4.69, 9.17) is 0 Å². The maximum atomic E-state index is 11.1. The molecule has 0 radical (unpaired) electrons. The molecule has 14 heavy (non-hydrogen) atoms. The predicted octanol–water partition coefficient (Wildman–Crippen LogP) is -0.0907. The third kappa shape index (κ3) is 3.99. The summed E-state index contributed by atoms with van der Waals surface area (Å²) in [5, 5.41) is 0. The van der Waals surface area contributed by atoms with Crippen LogP contribution in [0.15, 0.2) is 0 Å². The summed E-state index contributed by atoms with van der Waals surface area (Å²) >= 11 is 0. The van der Waals surface area contributed by atoms with E-state index in [0.717, 1.165) is 6.92 Å². The molecule has 6 heteroatoms. The molecule has 1 atom stereocenters. The third-order valence-electron chi connectivity index (χ3n) is 1.51. The predicted molar refractivity (Wildman–Crippen MR) is 45.5 cm³/mol. The van der Waals surface area contributed by atoms with Crippen LogP contribution in [0, 0.1) is 5.92 Å². The van der Waals surface area contributed by atoms with Gasteiger partial charge in [0, 0.05) is 6.92 Å². The average Bonchev–Trinajstić information content (AvgIpc) is 2.11. The fraction of sp³-hybridized carbons (Fsp3) is 0.625. The zero-order valence-electron chi connectivity index (χ0n) is 8.11. The van der Waals surface area contributed by atoms with Crippen molar-refractivity contribution in [3.05, 3.63) is 0 Å². The van der Waals surface area contributed by atoms with Gasteiger partial charge >= 0.3 is 17.9 Å². The normalized spacial score (nSPS) is 11.6. The number of carbonyl (C=O) groups is 3. The Morgan fingerprint density at radius 2 is 1.86 bits per heavy atom. The Labute approximate surface area is 81.3 Å². The van der Waals surface area contributed by atoms with Crippen LogP contribution < -0.4 is 5.90 Å². The molecule has 0 fully saturated rings. The van der Waals surface area contributed by atoms with E-state index in [0.29, 0.717) is 6.42 Å². The number of hydrogen-bond acceptors (Lipinski definition) is 6. The van der Waals surface area contributed by atoms with E-state index in [9.17, 15) is 14.4 Å². The molecule has 0 heterocycles. The summed E-state index contributed by atoms with van der Waals surface area (Å²) in [5.74, 6) is 0.938. The van der Waals surface area contributed by atoms with Crippen LogP contribution in [0.2, 0.25) is 0 Å². The van der Waals surface area contributed by atoms with Crippen LogP contribution in [0.3, 0.4) is 0 Å². The second-order valence-corrected chi connectivity index (χ2v) is 2.69. The van der Waals surface area contributed by atoms with E-state index < -0.39 is 23.8 Å². The number of carbonyl (C=O) groups excluding carboxylic acids is 3. The molecule has 0 aliphatic heterocycles. The minimum atomic E-state index is -1.12. The first-order valence-electron chi connectivity index (χ1n) is 4.15. The van der Waals surface area contributed by atoms with Gasteiger partial charge in [-0.2, -0.15) is 5.90 Å². The Morgan fingerprint density at radius 3 is 2.21 bits per heavy atom. The quantitative estimate of drug-likeness (QED) is 0.389. The lowest BCUT2D eigenvalue weighted by atomic mass is 10.0. The first kappa shape index (κ1) is 12.6. The van der Waals surface area contributed by atoms with Gasteiger partial charge in [0.25, 0.3) is 0 Å². The number of nitrogens with two attached hydrogens (primary N) is 1. The first-order chi connectivity index (χ1) is 6.52. The average molecular weight is 203 g/mol. The van der Waals surface area contributed by atoms with Crippen LogP contribution in [0.4, 0.5) is 0 Å². The summed E-state index contributed by atoms with van der Waals surface area (Å²) in [6, 6.07) is 0. The van der Waals surface area contributed by atoms with E-state index in [-0.39, 0.29) is 6.42 Å². The fourth-order valence-electron chi connectivity index (χ4n) is 0.916. The Morgan fingerprint density at radius 1 is 1.29 bits per heavy atom. The van der Waals surface area contributed by atoms with Gasteiger partial charge in [0.2, 0.25) is 0 Å². The van der Waals surface area contributed by atoms with Gasteiger partial charge in [0.15, 0.2) is 5.92 Å². The Balaban J connectivity index is 4.40. The van der Waals surface area contributed by atoms with Crippen LogP contribution in [-0.4, -0.2) is 17.9 Å². The standard InChI is InChI=1S/C8H13NO5/c1-3-4-6(8(12)14-9)7(11)13-5(2)10/h6H,3-4,9H2,1-2H3. The van der Waals surface area contributed by atoms with Crippen LogP contribution >= 0.6 is 0 Å². The van der Waals surface area contributed by atoms with E-state index in [1.54, 1.807) is 6.92 Å². The monoisotopic (exact) mass is 203 g/mol. The molecule has 80 valence electrons. The van der Waals surface area contributed by atoms with Crippen LogP contribution in [0.5, 0.6) is 0 Å². The van der Waals surface area contributed by atoms with Crippen LogP contribution in [0.1, 0.15) is 26.7 Å². The summed E-state index contributed by atoms with van der Waals surface area (Å²) in [6.45, 7) is 2.85. The SMILES string of the molecule is CCCC(C(=O)ON)C(=O)OC(C)=O. The van der Waals surface area contributed by atoms with Gasteiger partial charge in [-0.3, -0.25) is 9.59 Å². The molecule has 0 rings (SSSR count). The molecule has 0 amide bonds. The highest BCUT2D eigenvalue weighted by Crippen LogP contribution is 2.10. The minimum Gasteiger partial charge on any atom is -0.393 e. The zero-order valence-corrected chi connectivity index (χ0v) is 8.11. The lowest BCUT2D eigenvalue weighted by Crippen LogP contribution is -2.30. The van der Waals surface area contributed by atoms with Crippen LogP contribution in [0.25, 0.3) is 0 Å². The van der Waals surface area contributed by atoms with Crippen molar-refractivity contribution in [2.75, 3.05) is 0 Å². The molecule has 2 N–H and O–H groups in total. The van der Waals surface area contributed by atoms with Crippen molar-refractivity contribution in [3.8, 4) is 0 Å². The Kier molecular flexibility index (Phi) is 5.47. The molecule has 1 unspecified atom stereocenters. The molecule has 0 aliphatic carbocycles. The van der Waals surface area contributed by atoms with Crippen molar-refractivity contribution in [2.24, 2.45) is 11.8 Å². The summed E-state index contributed by atoms with van der Waals surface area (Å²) < 4.78 is 4.25. The molecule has 0 aromatic rings. The summed E-state index contributed by atoms with van der Waals surface area (Å²) in [5.41, 5.74) is 0. The largest absolute Gasteiger partial charge is 0.393 e. The van der Waals surface area contributed by atoms with Crippen LogP contribution in [-0.2, 0) is 24.0 Å². The molecule has 0 saturated carbocycles. The van der Waals surface area contributed by atoms with Crippen molar-refractivity contribution < 1.29 is 24.0 Å². The lowest BCUT2D eigenvalue weighted by Gasteiger charge is -2.10. The van der Waals surface area contributed by atoms with E-state index in [2.05, 4.69) is 15.5 Å². The first-order valence-corrected chi connectivity index (χ1v) is 4.15. The zero-order chi connectivity index (χ0) is 11.1. The highest BCUT2D eigenvalue weighted by Gasteiger charge is 2.29. The van der Waals surface area contributed by atoms with Crippen molar-refractivity contribution in [1.82, 2.24) is 0 Å². The molecule has 0 saturated heterocycles. The molecule has 0 aromatic heterocycles. The van der Waals surface area contributed by atoms with Crippen molar-refractivity contribution in [2.45, 2.75) is 26.7 Å². The number of rotatable bonds is 4. The molecule has 0 aromatic carbocycles. The summed E-state index contributed by atoms with van der Waals surface area (Å²) in [7, 11) is 0. The van der Waals surface area contributed by atoms with E-state index >= 15 is 0 Å². The number of hydrogen-bond donors (Lipinski definition) is 1. The smallest absolute Gasteiger partial charge is 0.338 e. The van der Waals surface area contributed by atoms with E-state index in [1.807, 2.05) is 0 Å². The van der Waals surface area contributed by atoms with Gasteiger partial charge in [0.1, 0.15) is 0 Å². The van der Waals surface area contributed by atoms with Gasteiger partial charge in [0.05, 0.1) is 0 Å². The minimum absolute atomic E-state index is 0.238. The van der Waals surface area contributed by atoms with Gasteiger partial charge in [-0.25, -0.2) is 4.79 Å². The second-order valence-electron chi connectivity index (χ2n) is 2.69. The molecular formula is C8H13NO5. The number of ether oxygens (including phenoxy) is 1. The lowest BCUT2D eigenvalue weighted by molar-refractivity contribution is -0.167. The van der Waals surface area contributed by atoms with Crippen molar-refractivity contribution >= 4 is 17.9 Å². The molecule has 0 bridgehead atoms. The van der Waals surface area contributed by atoms with Gasteiger partial charge in [-0.15, -0.1) is 0 Å². The maximum absolute atomic E-state index is 11.1. The highest BCUT2D eigenvalue weighted by molar-refractivity contribution is 5.98.